The van der Waals surface area contributed by atoms with Crippen molar-refractivity contribution in [2.45, 2.75) is 29.6 Å². The molecule has 1 rings (SSSR count). The number of sulfone groups is 2. The Hall–Kier alpha value is 0.190. The van der Waals surface area contributed by atoms with Crippen molar-refractivity contribution in [3.8, 4) is 0 Å². The zero-order chi connectivity index (χ0) is 11.2. The van der Waals surface area contributed by atoms with Crippen molar-refractivity contribution in [3.05, 3.63) is 0 Å². The van der Waals surface area contributed by atoms with Crippen LogP contribution in [0.1, 0.15) is 20.3 Å². The largest absolute Gasteiger partial charge is 0.227 e. The van der Waals surface area contributed by atoms with E-state index in [0.29, 0.717) is 0 Å². The fourth-order valence-corrected chi connectivity index (χ4v) is 8.28. The van der Waals surface area contributed by atoms with Gasteiger partial charge in [-0.15, -0.1) is 11.6 Å². The molecule has 2 atom stereocenters. The minimum atomic E-state index is -3.66. The van der Waals surface area contributed by atoms with E-state index in [1.54, 1.807) is 6.92 Å². The van der Waals surface area contributed by atoms with Crippen LogP contribution in [0.4, 0.5) is 0 Å². The second-order valence-electron chi connectivity index (χ2n) is 3.59. The summed E-state index contributed by atoms with van der Waals surface area (Å²) in [5.74, 6) is -0.500. The molecule has 0 unspecified atom stereocenters. The van der Waals surface area contributed by atoms with Crippen LogP contribution in [0.2, 0.25) is 0 Å². The average Bonchev–Trinajstić information content (AvgIpc) is 2.23. The third kappa shape index (κ3) is 1.31. The maximum absolute atomic E-state index is 11.8. The molecule has 1 heterocycles. The highest BCUT2D eigenvalue weighted by molar-refractivity contribution is 8.13. The lowest BCUT2D eigenvalue weighted by Gasteiger charge is -2.20. The van der Waals surface area contributed by atoms with E-state index in [4.69, 9.17) is 11.6 Å². The summed E-state index contributed by atoms with van der Waals surface area (Å²) in [6.45, 7) is 2.83. The first-order valence-electron chi connectivity index (χ1n) is 4.24. The molecule has 1 aliphatic rings. The normalized spacial score (nSPS) is 39.8. The van der Waals surface area contributed by atoms with Crippen LogP contribution < -0.4 is 0 Å². The molecule has 0 amide bonds. The van der Waals surface area contributed by atoms with E-state index in [1.807, 2.05) is 0 Å². The highest BCUT2D eigenvalue weighted by Gasteiger charge is 2.59. The molecule has 0 aliphatic carbocycles. The predicted octanol–water partition coefficient (Wildman–Crippen LogP) is 0.563. The SMILES string of the molecule is CC[C@]1(C)S(=O)(=O)C[C@@H](CCl)S1(=O)=O. The molecule has 0 aromatic rings. The zero-order valence-electron chi connectivity index (χ0n) is 8.03. The first kappa shape index (κ1) is 12.3. The molecule has 0 radical (unpaired) electrons. The van der Waals surface area contributed by atoms with Gasteiger partial charge in [-0.25, -0.2) is 16.8 Å². The standard InChI is InChI=1S/C7H13ClO4S2/c1-3-7(2)13(9,10)5-6(4-8)14(7,11)12/h6H,3-5H2,1-2H3/t6-,7-/m1/s1. The smallest absolute Gasteiger partial charge is 0.175 e. The van der Waals surface area contributed by atoms with Gasteiger partial charge in [-0.1, -0.05) is 6.92 Å². The van der Waals surface area contributed by atoms with Gasteiger partial charge in [0.15, 0.2) is 23.8 Å². The Morgan fingerprint density at radius 2 is 1.86 bits per heavy atom. The van der Waals surface area contributed by atoms with Crippen LogP contribution in [0.25, 0.3) is 0 Å². The fourth-order valence-electron chi connectivity index (χ4n) is 1.59. The Bertz CT molecular complexity index is 425. The van der Waals surface area contributed by atoms with Crippen molar-refractivity contribution in [2.24, 2.45) is 0 Å². The molecule has 14 heavy (non-hydrogen) atoms. The van der Waals surface area contributed by atoms with Gasteiger partial charge in [0.2, 0.25) is 0 Å². The zero-order valence-corrected chi connectivity index (χ0v) is 10.4. The lowest BCUT2D eigenvalue weighted by atomic mass is 10.4. The molecule has 0 N–H and O–H groups in total. The summed E-state index contributed by atoms with van der Waals surface area (Å²) in [5.41, 5.74) is 0. The highest BCUT2D eigenvalue weighted by atomic mass is 35.5. The third-order valence-electron chi connectivity index (χ3n) is 2.92. The first-order chi connectivity index (χ1) is 6.23. The van der Waals surface area contributed by atoms with E-state index in [1.165, 1.54) is 6.92 Å². The van der Waals surface area contributed by atoms with E-state index in [0.717, 1.165) is 0 Å². The second kappa shape index (κ2) is 3.35. The maximum Gasteiger partial charge on any atom is 0.175 e. The van der Waals surface area contributed by atoms with E-state index >= 15 is 0 Å². The molecule has 0 spiro atoms. The lowest BCUT2D eigenvalue weighted by Crippen LogP contribution is -2.38. The number of hydrogen-bond acceptors (Lipinski definition) is 4. The molecular formula is C7H13ClO4S2. The fraction of sp³-hybridized carbons (Fsp3) is 1.00. The van der Waals surface area contributed by atoms with Crippen molar-refractivity contribution in [1.29, 1.82) is 0 Å². The van der Waals surface area contributed by atoms with Gasteiger partial charge in [0.1, 0.15) is 0 Å². The molecule has 1 fully saturated rings. The molecular weight excluding hydrogens is 248 g/mol. The van der Waals surface area contributed by atoms with Crippen LogP contribution >= 0.6 is 11.6 Å². The quantitative estimate of drug-likeness (QED) is 0.681. The first-order valence-corrected chi connectivity index (χ1v) is 7.98. The molecule has 1 saturated heterocycles. The Morgan fingerprint density at radius 1 is 1.36 bits per heavy atom. The van der Waals surface area contributed by atoms with Gasteiger partial charge in [-0.3, -0.25) is 0 Å². The van der Waals surface area contributed by atoms with Crippen molar-refractivity contribution < 1.29 is 16.8 Å². The molecule has 7 heteroatoms. The van der Waals surface area contributed by atoms with Gasteiger partial charge >= 0.3 is 0 Å². The molecule has 0 saturated carbocycles. The molecule has 0 aromatic heterocycles. The van der Waals surface area contributed by atoms with Crippen LogP contribution in [-0.2, 0) is 19.7 Å². The van der Waals surface area contributed by atoms with Crippen molar-refractivity contribution >= 4 is 31.3 Å². The molecule has 84 valence electrons. The lowest BCUT2D eigenvalue weighted by molar-refractivity contribution is 0.553. The van der Waals surface area contributed by atoms with E-state index < -0.39 is 29.0 Å². The topological polar surface area (TPSA) is 68.3 Å². The van der Waals surface area contributed by atoms with E-state index in [9.17, 15) is 16.8 Å². The monoisotopic (exact) mass is 260 g/mol. The summed E-state index contributed by atoms with van der Waals surface area (Å²) in [4.78, 5) is 0. The van der Waals surface area contributed by atoms with E-state index in [2.05, 4.69) is 0 Å². The number of rotatable bonds is 2. The van der Waals surface area contributed by atoms with Crippen LogP contribution in [0.3, 0.4) is 0 Å². The van der Waals surface area contributed by atoms with Crippen LogP contribution in [0, 0.1) is 0 Å². The summed E-state index contributed by atoms with van der Waals surface area (Å²) in [7, 11) is -7.23. The average molecular weight is 261 g/mol. The predicted molar refractivity (Wildman–Crippen MR) is 55.9 cm³/mol. The third-order valence-corrected chi connectivity index (χ3v) is 10.3. The minimum Gasteiger partial charge on any atom is -0.227 e. The Labute approximate surface area is 89.5 Å². The number of halogens is 1. The van der Waals surface area contributed by atoms with Crippen LogP contribution in [0.15, 0.2) is 0 Å². The van der Waals surface area contributed by atoms with Crippen LogP contribution in [0.5, 0.6) is 0 Å². The summed E-state index contributed by atoms with van der Waals surface area (Å²) >= 11 is 5.46. The number of hydrogen-bond donors (Lipinski definition) is 0. The van der Waals surface area contributed by atoms with Gasteiger partial charge in [0.25, 0.3) is 0 Å². The van der Waals surface area contributed by atoms with Gasteiger partial charge < -0.3 is 0 Å². The van der Waals surface area contributed by atoms with Gasteiger partial charge in [-0.2, -0.15) is 0 Å². The second-order valence-corrected chi connectivity index (χ2v) is 9.28. The summed E-state index contributed by atoms with van der Waals surface area (Å²) in [6, 6.07) is 0. The summed E-state index contributed by atoms with van der Waals surface area (Å²) in [5, 5.41) is -0.945. The summed E-state index contributed by atoms with van der Waals surface area (Å²) in [6.07, 6.45) is 0.0745. The molecule has 0 aromatic carbocycles. The summed E-state index contributed by atoms with van der Waals surface area (Å²) < 4.78 is 45.3. The van der Waals surface area contributed by atoms with Crippen molar-refractivity contribution in [1.82, 2.24) is 0 Å². The Balaban J connectivity index is 3.44. The Kier molecular flexibility index (Phi) is 2.93. The van der Waals surface area contributed by atoms with Crippen LogP contribution in [-0.4, -0.2) is 37.8 Å². The van der Waals surface area contributed by atoms with Gasteiger partial charge in [0, 0.05) is 5.88 Å². The highest BCUT2D eigenvalue weighted by Crippen LogP contribution is 2.39. The van der Waals surface area contributed by atoms with Gasteiger partial charge in [0.05, 0.1) is 11.0 Å². The van der Waals surface area contributed by atoms with Gasteiger partial charge in [-0.05, 0) is 13.3 Å². The van der Waals surface area contributed by atoms with Crippen molar-refractivity contribution in [3.63, 3.8) is 0 Å². The minimum absolute atomic E-state index is 0.0745. The molecule has 4 nitrogen and oxygen atoms in total. The number of alkyl halides is 1. The maximum atomic E-state index is 11.8. The molecule has 0 bridgehead atoms. The van der Waals surface area contributed by atoms with E-state index in [-0.39, 0.29) is 18.1 Å². The Morgan fingerprint density at radius 3 is 2.07 bits per heavy atom. The molecule has 1 aliphatic heterocycles. The van der Waals surface area contributed by atoms with Crippen molar-refractivity contribution in [2.75, 3.05) is 11.6 Å².